The average molecular weight is 265 g/mol. The summed E-state index contributed by atoms with van der Waals surface area (Å²) in [4.78, 5) is 2.17. The zero-order valence-electron chi connectivity index (χ0n) is 10.6. The Kier molecular flexibility index (Phi) is 4.54. The van der Waals surface area contributed by atoms with Crippen molar-refractivity contribution in [2.45, 2.75) is 63.3 Å². The third-order valence-electron chi connectivity index (χ3n) is 4.35. The molecular formula is C13H22F3NO. The minimum Gasteiger partial charge on any atom is -0.393 e. The Morgan fingerprint density at radius 1 is 1.11 bits per heavy atom. The fraction of sp³-hybridized carbons (Fsp3) is 1.00. The second-order valence-corrected chi connectivity index (χ2v) is 5.63. The van der Waals surface area contributed by atoms with E-state index in [0.29, 0.717) is 18.5 Å². The molecule has 1 aliphatic heterocycles. The van der Waals surface area contributed by atoms with Gasteiger partial charge in [-0.3, -0.25) is 0 Å². The van der Waals surface area contributed by atoms with Gasteiger partial charge < -0.3 is 10.0 Å². The molecule has 1 aliphatic carbocycles. The average Bonchev–Trinajstić information content (AvgIpc) is 2.84. The number of aliphatic hydroxyl groups is 1. The minimum absolute atomic E-state index is 0.183. The Morgan fingerprint density at radius 3 is 2.50 bits per heavy atom. The van der Waals surface area contributed by atoms with E-state index in [2.05, 4.69) is 4.90 Å². The third-order valence-corrected chi connectivity index (χ3v) is 4.35. The van der Waals surface area contributed by atoms with Crippen molar-refractivity contribution < 1.29 is 18.3 Å². The van der Waals surface area contributed by atoms with E-state index in [1.165, 1.54) is 0 Å². The van der Waals surface area contributed by atoms with Gasteiger partial charge in [-0.2, -0.15) is 13.2 Å². The molecule has 0 bridgehead atoms. The number of hydrogen-bond acceptors (Lipinski definition) is 2. The van der Waals surface area contributed by atoms with Gasteiger partial charge in [-0.1, -0.05) is 6.42 Å². The van der Waals surface area contributed by atoms with Crippen molar-refractivity contribution in [1.82, 2.24) is 4.90 Å². The largest absolute Gasteiger partial charge is 0.393 e. The molecule has 2 rings (SSSR count). The molecule has 0 amide bonds. The molecular weight excluding hydrogens is 243 g/mol. The van der Waals surface area contributed by atoms with Crippen molar-refractivity contribution in [3.8, 4) is 0 Å². The number of rotatable bonds is 4. The summed E-state index contributed by atoms with van der Waals surface area (Å²) in [5.41, 5.74) is 0. The molecule has 106 valence electrons. The number of hydrogen-bond donors (Lipinski definition) is 1. The maximum Gasteiger partial charge on any atom is 0.389 e. The first-order valence-corrected chi connectivity index (χ1v) is 6.96. The van der Waals surface area contributed by atoms with Gasteiger partial charge in [0.15, 0.2) is 0 Å². The molecule has 1 heterocycles. The van der Waals surface area contributed by atoms with E-state index in [-0.39, 0.29) is 12.5 Å². The molecule has 2 fully saturated rings. The highest BCUT2D eigenvalue weighted by Gasteiger charge is 2.38. The van der Waals surface area contributed by atoms with Crippen LogP contribution < -0.4 is 0 Å². The normalized spacial score (nSPS) is 34.3. The zero-order valence-corrected chi connectivity index (χ0v) is 10.6. The van der Waals surface area contributed by atoms with Crippen LogP contribution in [0.15, 0.2) is 0 Å². The van der Waals surface area contributed by atoms with Crippen molar-refractivity contribution >= 4 is 0 Å². The predicted molar refractivity (Wildman–Crippen MR) is 63.2 cm³/mol. The van der Waals surface area contributed by atoms with Crippen LogP contribution in [0.25, 0.3) is 0 Å². The van der Waals surface area contributed by atoms with Crippen molar-refractivity contribution in [2.24, 2.45) is 5.92 Å². The lowest BCUT2D eigenvalue weighted by molar-refractivity contribution is -0.136. The summed E-state index contributed by atoms with van der Waals surface area (Å²) in [7, 11) is 0. The van der Waals surface area contributed by atoms with Crippen LogP contribution in [0.5, 0.6) is 0 Å². The number of halogens is 3. The summed E-state index contributed by atoms with van der Waals surface area (Å²) >= 11 is 0. The van der Waals surface area contributed by atoms with E-state index in [1.807, 2.05) is 0 Å². The number of aliphatic hydroxyl groups excluding tert-OH is 1. The first-order chi connectivity index (χ1) is 8.47. The van der Waals surface area contributed by atoms with E-state index in [4.69, 9.17) is 0 Å². The SMILES string of the molecule is OC1CCCC1C1CCCN1CCCC(F)(F)F. The van der Waals surface area contributed by atoms with Gasteiger partial charge in [-0.15, -0.1) is 0 Å². The minimum atomic E-state index is -4.04. The molecule has 1 saturated carbocycles. The van der Waals surface area contributed by atoms with Gasteiger partial charge in [-0.05, 0) is 45.2 Å². The summed E-state index contributed by atoms with van der Waals surface area (Å²) in [6.45, 7) is 1.42. The topological polar surface area (TPSA) is 23.5 Å². The quantitative estimate of drug-likeness (QED) is 0.844. The zero-order chi connectivity index (χ0) is 13.2. The van der Waals surface area contributed by atoms with Gasteiger partial charge in [0.1, 0.15) is 0 Å². The second-order valence-electron chi connectivity index (χ2n) is 5.63. The molecule has 1 N–H and O–H groups in total. The van der Waals surface area contributed by atoms with Gasteiger partial charge in [-0.25, -0.2) is 0 Å². The summed E-state index contributed by atoms with van der Waals surface area (Å²) in [5, 5.41) is 9.92. The predicted octanol–water partition coefficient (Wildman–Crippen LogP) is 2.95. The monoisotopic (exact) mass is 265 g/mol. The highest BCUT2D eigenvalue weighted by atomic mass is 19.4. The summed E-state index contributed by atoms with van der Waals surface area (Å²) in [5.74, 6) is 0.290. The number of nitrogens with zero attached hydrogens (tertiary/aromatic N) is 1. The highest BCUT2D eigenvalue weighted by molar-refractivity contribution is 4.91. The van der Waals surface area contributed by atoms with Crippen LogP contribution in [0.3, 0.4) is 0 Å². The standard InChI is InChI=1S/C13H22F3NO/c14-13(15,16)7-3-9-17-8-2-5-11(17)10-4-1-6-12(10)18/h10-12,18H,1-9H2. The Morgan fingerprint density at radius 2 is 1.89 bits per heavy atom. The molecule has 0 aromatic carbocycles. The summed E-state index contributed by atoms with van der Waals surface area (Å²) < 4.78 is 36.4. The first-order valence-electron chi connectivity index (χ1n) is 6.96. The van der Waals surface area contributed by atoms with Crippen LogP contribution in [-0.2, 0) is 0 Å². The third kappa shape index (κ3) is 3.60. The lowest BCUT2D eigenvalue weighted by Crippen LogP contribution is -2.39. The second kappa shape index (κ2) is 5.78. The van der Waals surface area contributed by atoms with Crippen molar-refractivity contribution in [1.29, 1.82) is 0 Å². The smallest absolute Gasteiger partial charge is 0.389 e. The van der Waals surface area contributed by atoms with Gasteiger partial charge in [0.05, 0.1) is 6.10 Å². The molecule has 1 saturated heterocycles. The molecule has 2 aliphatic rings. The van der Waals surface area contributed by atoms with Crippen molar-refractivity contribution in [3.63, 3.8) is 0 Å². The summed E-state index contributed by atoms with van der Waals surface area (Å²) in [6, 6.07) is 0.315. The van der Waals surface area contributed by atoms with Gasteiger partial charge in [0.25, 0.3) is 0 Å². The van der Waals surface area contributed by atoms with Crippen molar-refractivity contribution in [3.05, 3.63) is 0 Å². The maximum absolute atomic E-state index is 12.1. The Labute approximate surface area is 106 Å². The van der Waals surface area contributed by atoms with Gasteiger partial charge in [0.2, 0.25) is 0 Å². The first kappa shape index (κ1) is 14.1. The van der Waals surface area contributed by atoms with Crippen LogP contribution in [0, 0.1) is 5.92 Å². The molecule has 5 heteroatoms. The Bertz CT molecular complexity index is 269. The molecule has 0 aromatic rings. The lowest BCUT2D eigenvalue weighted by Gasteiger charge is -2.31. The van der Waals surface area contributed by atoms with Gasteiger partial charge in [0, 0.05) is 18.4 Å². The van der Waals surface area contributed by atoms with E-state index >= 15 is 0 Å². The maximum atomic E-state index is 12.1. The molecule has 3 atom stereocenters. The van der Waals surface area contributed by atoms with E-state index in [0.717, 1.165) is 38.6 Å². The van der Waals surface area contributed by atoms with E-state index in [1.54, 1.807) is 0 Å². The molecule has 0 aromatic heterocycles. The van der Waals surface area contributed by atoms with Crippen LogP contribution in [0.2, 0.25) is 0 Å². The van der Waals surface area contributed by atoms with Crippen molar-refractivity contribution in [2.75, 3.05) is 13.1 Å². The van der Waals surface area contributed by atoms with Crippen LogP contribution in [-0.4, -0.2) is 41.4 Å². The molecule has 3 unspecified atom stereocenters. The molecule has 0 spiro atoms. The highest BCUT2D eigenvalue weighted by Crippen LogP contribution is 2.36. The Hall–Kier alpha value is -0.290. The molecule has 0 radical (unpaired) electrons. The number of likely N-dealkylation sites (tertiary alicyclic amines) is 1. The fourth-order valence-corrected chi connectivity index (χ4v) is 3.51. The van der Waals surface area contributed by atoms with Crippen LogP contribution in [0.1, 0.15) is 44.9 Å². The van der Waals surface area contributed by atoms with E-state index < -0.39 is 12.6 Å². The lowest BCUT2D eigenvalue weighted by atomic mass is 9.94. The molecule has 2 nitrogen and oxygen atoms in total. The Balaban J connectivity index is 1.80. The number of alkyl halides is 3. The molecule has 18 heavy (non-hydrogen) atoms. The summed E-state index contributed by atoms with van der Waals surface area (Å²) in [6.07, 6.45) is 0.248. The van der Waals surface area contributed by atoms with Crippen LogP contribution >= 0.6 is 0 Å². The fourth-order valence-electron chi connectivity index (χ4n) is 3.51. The van der Waals surface area contributed by atoms with E-state index in [9.17, 15) is 18.3 Å². The van der Waals surface area contributed by atoms with Crippen LogP contribution in [0.4, 0.5) is 13.2 Å². The van der Waals surface area contributed by atoms with Gasteiger partial charge >= 0.3 is 6.18 Å².